The molecule has 0 aliphatic carbocycles. The van der Waals surface area contributed by atoms with Crippen molar-refractivity contribution < 1.29 is 9.84 Å². The Morgan fingerprint density at radius 3 is 2.37 bits per heavy atom. The Balaban J connectivity index is 2.53. The minimum Gasteiger partial charge on any atom is -0.489 e. The summed E-state index contributed by atoms with van der Waals surface area (Å²) < 4.78 is 5.52. The highest BCUT2D eigenvalue weighted by atomic mass is 16.5. The van der Waals surface area contributed by atoms with Crippen LogP contribution in [0, 0.1) is 0 Å². The van der Waals surface area contributed by atoms with Gasteiger partial charge in [-0.2, -0.15) is 0 Å². The summed E-state index contributed by atoms with van der Waals surface area (Å²) in [6.07, 6.45) is -0.505. The molecule has 1 aromatic rings. The van der Waals surface area contributed by atoms with E-state index >= 15 is 0 Å². The fourth-order valence-electron chi connectivity index (χ4n) is 1.51. The molecule has 1 aromatic carbocycles. The van der Waals surface area contributed by atoms with Crippen LogP contribution in [0.2, 0.25) is 0 Å². The smallest absolute Gasteiger partial charge is 0.119 e. The van der Waals surface area contributed by atoms with Crippen LogP contribution in [-0.4, -0.2) is 23.8 Å². The van der Waals surface area contributed by atoms with Crippen LogP contribution in [0.15, 0.2) is 36.4 Å². The summed E-state index contributed by atoms with van der Waals surface area (Å²) >= 11 is 0. The van der Waals surface area contributed by atoms with Crippen LogP contribution >= 0.6 is 0 Å². The number of ether oxygens (including phenoxy) is 1. The molecule has 1 rings (SSSR count). The number of β-amino-alcohol motifs (C(OH)–C–C–N with tert-alkyl or cyclic N) is 1. The molecule has 19 heavy (non-hydrogen) atoms. The van der Waals surface area contributed by atoms with Crippen LogP contribution in [0.4, 0.5) is 0 Å². The number of rotatable bonds is 6. The summed E-state index contributed by atoms with van der Waals surface area (Å²) in [4.78, 5) is 0. The molecule has 3 heteroatoms. The van der Waals surface area contributed by atoms with Crippen molar-refractivity contribution in [3.63, 3.8) is 0 Å². The van der Waals surface area contributed by atoms with E-state index in [1.807, 2.05) is 31.2 Å². The zero-order valence-electron chi connectivity index (χ0n) is 12.4. The fraction of sp³-hybridized carbons (Fsp3) is 0.500. The van der Waals surface area contributed by atoms with E-state index in [1.54, 1.807) is 0 Å². The number of nitrogens with one attached hydrogen (secondary N) is 1. The summed E-state index contributed by atoms with van der Waals surface area (Å²) in [7, 11) is 0. The molecule has 0 aromatic heterocycles. The molecule has 0 fully saturated rings. The van der Waals surface area contributed by atoms with Crippen molar-refractivity contribution in [1.82, 2.24) is 5.32 Å². The Hall–Kier alpha value is -1.32. The molecule has 0 saturated carbocycles. The molecule has 0 heterocycles. The third-order valence-corrected chi connectivity index (χ3v) is 2.58. The minimum atomic E-state index is -0.505. The lowest BCUT2D eigenvalue weighted by Gasteiger charge is -2.23. The Labute approximate surface area is 116 Å². The first-order valence-corrected chi connectivity index (χ1v) is 6.58. The van der Waals surface area contributed by atoms with E-state index in [2.05, 4.69) is 32.7 Å². The Bertz CT molecular complexity index is 404. The maximum absolute atomic E-state index is 10.1. The standard InChI is InChI=1S/C16H25NO2/c1-12(2)11-19-14-8-6-13(7-9-14)15(18)10-17-16(3,4)5/h6-9,15,17-18H,1,10-11H2,2-5H3. The van der Waals surface area contributed by atoms with Crippen molar-refractivity contribution in [3.05, 3.63) is 42.0 Å². The third kappa shape index (κ3) is 6.41. The Kier molecular flexibility index (Phi) is 5.58. The number of aliphatic hydroxyl groups is 1. The van der Waals surface area contributed by atoms with Gasteiger partial charge in [-0.25, -0.2) is 0 Å². The highest BCUT2D eigenvalue weighted by molar-refractivity contribution is 5.29. The first-order valence-electron chi connectivity index (χ1n) is 6.58. The first-order chi connectivity index (χ1) is 8.78. The van der Waals surface area contributed by atoms with Crippen LogP contribution in [-0.2, 0) is 0 Å². The molecule has 0 saturated heterocycles. The van der Waals surface area contributed by atoms with Gasteiger partial charge in [-0.15, -0.1) is 0 Å². The van der Waals surface area contributed by atoms with Crippen molar-refractivity contribution in [2.75, 3.05) is 13.2 Å². The van der Waals surface area contributed by atoms with Gasteiger partial charge in [0.15, 0.2) is 0 Å². The van der Waals surface area contributed by atoms with Crippen molar-refractivity contribution in [2.24, 2.45) is 0 Å². The molecule has 0 aliphatic rings. The SMILES string of the molecule is C=C(C)COc1ccc(C(O)CNC(C)(C)C)cc1. The average molecular weight is 263 g/mol. The van der Waals surface area contributed by atoms with Crippen molar-refractivity contribution >= 4 is 0 Å². The zero-order chi connectivity index (χ0) is 14.5. The van der Waals surface area contributed by atoms with Crippen LogP contribution in [0.5, 0.6) is 5.75 Å². The molecule has 0 bridgehead atoms. The third-order valence-electron chi connectivity index (χ3n) is 2.58. The van der Waals surface area contributed by atoms with Crippen LogP contribution in [0.3, 0.4) is 0 Å². The quantitative estimate of drug-likeness (QED) is 0.775. The second kappa shape index (κ2) is 6.73. The maximum atomic E-state index is 10.1. The molecular formula is C16H25NO2. The molecule has 0 spiro atoms. The Morgan fingerprint density at radius 2 is 1.89 bits per heavy atom. The van der Waals surface area contributed by atoms with Gasteiger partial charge >= 0.3 is 0 Å². The summed E-state index contributed by atoms with van der Waals surface area (Å²) in [5.41, 5.74) is 1.88. The van der Waals surface area contributed by atoms with Gasteiger partial charge in [0, 0.05) is 12.1 Å². The van der Waals surface area contributed by atoms with Gasteiger partial charge < -0.3 is 15.2 Å². The van der Waals surface area contributed by atoms with Gasteiger partial charge in [0.1, 0.15) is 12.4 Å². The van der Waals surface area contributed by atoms with Crippen molar-refractivity contribution in [2.45, 2.75) is 39.3 Å². The predicted molar refractivity (Wildman–Crippen MR) is 79.5 cm³/mol. The van der Waals surface area contributed by atoms with Crippen LogP contribution in [0.1, 0.15) is 39.4 Å². The molecule has 0 amide bonds. The van der Waals surface area contributed by atoms with Crippen molar-refractivity contribution in [1.29, 1.82) is 0 Å². The van der Waals surface area contributed by atoms with E-state index in [1.165, 1.54) is 0 Å². The minimum absolute atomic E-state index is 0.00548. The van der Waals surface area contributed by atoms with Crippen LogP contribution in [0.25, 0.3) is 0 Å². The lowest BCUT2D eigenvalue weighted by atomic mass is 10.1. The molecule has 1 atom stereocenters. The van der Waals surface area contributed by atoms with Crippen molar-refractivity contribution in [3.8, 4) is 5.75 Å². The molecule has 106 valence electrons. The lowest BCUT2D eigenvalue weighted by molar-refractivity contribution is 0.163. The van der Waals surface area contributed by atoms with Gasteiger partial charge in [0.2, 0.25) is 0 Å². The van der Waals surface area contributed by atoms with Gasteiger partial charge in [0.05, 0.1) is 6.10 Å². The van der Waals surface area contributed by atoms with Gasteiger partial charge in [0.25, 0.3) is 0 Å². The monoisotopic (exact) mass is 263 g/mol. The topological polar surface area (TPSA) is 41.5 Å². The first kappa shape index (κ1) is 15.7. The lowest BCUT2D eigenvalue weighted by Crippen LogP contribution is -2.38. The van der Waals surface area contributed by atoms with E-state index in [0.717, 1.165) is 16.9 Å². The number of aliphatic hydroxyl groups excluding tert-OH is 1. The summed E-state index contributed by atoms with van der Waals surface area (Å²) in [5, 5.41) is 13.4. The Morgan fingerprint density at radius 1 is 1.32 bits per heavy atom. The van der Waals surface area contributed by atoms with E-state index in [-0.39, 0.29) is 5.54 Å². The summed E-state index contributed by atoms with van der Waals surface area (Å²) in [6.45, 7) is 13.0. The largest absolute Gasteiger partial charge is 0.489 e. The van der Waals surface area contributed by atoms with Crippen LogP contribution < -0.4 is 10.1 Å². The molecule has 1 unspecified atom stereocenters. The second-order valence-electron chi connectivity index (χ2n) is 5.96. The number of hydrogen-bond donors (Lipinski definition) is 2. The van der Waals surface area contributed by atoms with Gasteiger partial charge in [-0.1, -0.05) is 18.7 Å². The van der Waals surface area contributed by atoms with Gasteiger partial charge in [-0.05, 0) is 51.0 Å². The van der Waals surface area contributed by atoms with E-state index in [0.29, 0.717) is 13.2 Å². The molecular weight excluding hydrogens is 238 g/mol. The summed E-state index contributed by atoms with van der Waals surface area (Å²) in [5.74, 6) is 0.794. The highest BCUT2D eigenvalue weighted by Crippen LogP contribution is 2.18. The zero-order valence-corrected chi connectivity index (χ0v) is 12.4. The molecule has 2 N–H and O–H groups in total. The maximum Gasteiger partial charge on any atom is 0.119 e. The number of hydrogen-bond acceptors (Lipinski definition) is 3. The summed E-state index contributed by atoms with van der Waals surface area (Å²) in [6, 6.07) is 7.53. The average Bonchev–Trinajstić information content (AvgIpc) is 2.33. The molecule has 0 radical (unpaired) electrons. The van der Waals surface area contributed by atoms with E-state index < -0.39 is 6.10 Å². The molecule has 3 nitrogen and oxygen atoms in total. The van der Waals surface area contributed by atoms with Gasteiger partial charge in [-0.3, -0.25) is 0 Å². The molecule has 0 aliphatic heterocycles. The second-order valence-corrected chi connectivity index (χ2v) is 5.96. The highest BCUT2D eigenvalue weighted by Gasteiger charge is 2.13. The normalized spacial score (nSPS) is 13.1. The van der Waals surface area contributed by atoms with E-state index in [4.69, 9.17) is 4.74 Å². The fourth-order valence-corrected chi connectivity index (χ4v) is 1.51. The predicted octanol–water partition coefficient (Wildman–Crippen LogP) is 3.06. The number of benzene rings is 1. The van der Waals surface area contributed by atoms with E-state index in [9.17, 15) is 5.11 Å².